The molecule has 0 spiro atoms. The first-order chi connectivity index (χ1) is 15.2. The maximum Gasteiger partial charge on any atom is 0.341 e. The minimum Gasteiger partial charge on any atom is -0.467 e. The summed E-state index contributed by atoms with van der Waals surface area (Å²) in [5, 5.41) is 22.6. The molecule has 0 heterocycles. The number of nitro groups is 2. The van der Waals surface area contributed by atoms with Gasteiger partial charge in [-0.1, -0.05) is 24.3 Å². The second-order valence-electron chi connectivity index (χ2n) is 5.83. The molecule has 13 nitrogen and oxygen atoms in total. The molecule has 0 amide bonds. The molecule has 0 bridgehead atoms. The van der Waals surface area contributed by atoms with Crippen molar-refractivity contribution in [3.8, 4) is 0 Å². The number of nitrogens with zero attached hydrogens (tertiary/aromatic N) is 2. The predicted octanol–water partition coefficient (Wildman–Crippen LogP) is 2.24. The van der Waals surface area contributed by atoms with E-state index in [0.29, 0.717) is 0 Å². The maximum atomic E-state index is 12.5. The van der Waals surface area contributed by atoms with Gasteiger partial charge >= 0.3 is 23.3 Å². The van der Waals surface area contributed by atoms with Crippen LogP contribution in [-0.4, -0.2) is 40.2 Å². The fourth-order valence-corrected chi connectivity index (χ4v) is 3.31. The van der Waals surface area contributed by atoms with Crippen molar-refractivity contribution in [3.63, 3.8) is 0 Å². The number of hydrogen-bond acceptors (Lipinski definition) is 11. The number of hydrogen-bond donors (Lipinski definition) is 0. The molecule has 0 N–H and O–H groups in total. The lowest BCUT2D eigenvalue weighted by atomic mass is 10.1. The van der Waals surface area contributed by atoms with Crippen molar-refractivity contribution in [2.75, 3.05) is 14.2 Å². The Morgan fingerprint density at radius 2 is 1.12 bits per heavy atom. The van der Waals surface area contributed by atoms with Gasteiger partial charge in [-0.05, 0) is 12.1 Å². The highest BCUT2D eigenvalue weighted by Gasteiger charge is 2.36. The van der Waals surface area contributed by atoms with E-state index in [4.69, 9.17) is 8.37 Å². The van der Waals surface area contributed by atoms with Crippen molar-refractivity contribution in [2.24, 2.45) is 0 Å². The maximum absolute atomic E-state index is 12.5. The normalized spacial score (nSPS) is 13.4. The van der Waals surface area contributed by atoms with Crippen molar-refractivity contribution in [1.82, 2.24) is 0 Å². The summed E-state index contributed by atoms with van der Waals surface area (Å²) in [5.41, 5.74) is -1.63. The van der Waals surface area contributed by atoms with E-state index in [0.717, 1.165) is 26.4 Å². The molecule has 0 saturated carbocycles. The van der Waals surface area contributed by atoms with Crippen LogP contribution in [0.25, 0.3) is 0 Å². The molecule has 0 fully saturated rings. The second kappa shape index (κ2) is 11.0. The number of nitro benzene ring substituents is 2. The lowest BCUT2D eigenvalue weighted by Crippen LogP contribution is -2.24. The molecular formula is C18H16N2O11S. The van der Waals surface area contributed by atoms with Gasteiger partial charge in [-0.25, -0.2) is 18.0 Å². The molecule has 0 saturated heterocycles. The van der Waals surface area contributed by atoms with Crippen LogP contribution in [-0.2, 0) is 38.8 Å². The number of ether oxygens (including phenoxy) is 2. The lowest BCUT2D eigenvalue weighted by Gasteiger charge is -2.18. The summed E-state index contributed by atoms with van der Waals surface area (Å²) in [7, 11) is 1.95. The number of carbonyl (C=O) groups is 2. The number of methoxy groups -OCH3 is 2. The van der Waals surface area contributed by atoms with Crippen LogP contribution in [0.5, 0.6) is 0 Å². The highest BCUT2D eigenvalue weighted by molar-refractivity contribution is 7.75. The molecular weight excluding hydrogens is 452 g/mol. The topological polar surface area (TPSA) is 174 Å². The smallest absolute Gasteiger partial charge is 0.341 e. The van der Waals surface area contributed by atoms with Crippen LogP contribution in [0.3, 0.4) is 0 Å². The number of para-hydroxylation sites is 2. The zero-order chi connectivity index (χ0) is 23.8. The molecule has 0 aliphatic carbocycles. The van der Waals surface area contributed by atoms with Gasteiger partial charge in [0.25, 0.3) is 11.4 Å². The number of esters is 2. The van der Waals surface area contributed by atoms with E-state index in [-0.39, 0.29) is 11.1 Å². The molecule has 0 aliphatic rings. The monoisotopic (exact) mass is 468 g/mol. The second-order valence-corrected chi connectivity index (χ2v) is 6.63. The summed E-state index contributed by atoms with van der Waals surface area (Å²) in [6.45, 7) is 0. The zero-order valence-electron chi connectivity index (χ0n) is 16.6. The van der Waals surface area contributed by atoms with E-state index >= 15 is 0 Å². The molecule has 2 aromatic carbocycles. The Morgan fingerprint density at radius 3 is 1.44 bits per heavy atom. The average Bonchev–Trinajstić information content (AvgIpc) is 2.79. The largest absolute Gasteiger partial charge is 0.467 e. The first-order valence-corrected chi connectivity index (χ1v) is 9.59. The van der Waals surface area contributed by atoms with E-state index in [1.165, 1.54) is 36.4 Å². The third kappa shape index (κ3) is 5.69. The first-order valence-electron chi connectivity index (χ1n) is 8.59. The van der Waals surface area contributed by atoms with E-state index in [2.05, 4.69) is 9.47 Å². The molecule has 0 aliphatic heterocycles. The Kier molecular flexibility index (Phi) is 8.46. The molecule has 32 heavy (non-hydrogen) atoms. The summed E-state index contributed by atoms with van der Waals surface area (Å²) in [5.74, 6) is -2.28. The molecule has 2 atom stereocenters. The van der Waals surface area contributed by atoms with E-state index in [1.807, 2.05) is 0 Å². The number of carbonyl (C=O) groups excluding carboxylic acids is 2. The third-order valence-electron chi connectivity index (χ3n) is 4.01. The van der Waals surface area contributed by atoms with Crippen molar-refractivity contribution in [3.05, 3.63) is 79.9 Å². The van der Waals surface area contributed by atoms with Crippen molar-refractivity contribution >= 4 is 34.7 Å². The van der Waals surface area contributed by atoms with Crippen LogP contribution in [0.4, 0.5) is 11.4 Å². The van der Waals surface area contributed by atoms with Gasteiger partial charge in [0.2, 0.25) is 12.2 Å². The fourth-order valence-electron chi connectivity index (χ4n) is 2.58. The van der Waals surface area contributed by atoms with Gasteiger partial charge in [0.1, 0.15) is 0 Å². The van der Waals surface area contributed by atoms with Gasteiger partial charge < -0.3 is 9.47 Å². The molecule has 14 heteroatoms. The van der Waals surface area contributed by atoms with Gasteiger partial charge in [-0.15, -0.1) is 0 Å². The van der Waals surface area contributed by atoms with E-state index < -0.39 is 56.7 Å². The van der Waals surface area contributed by atoms with Gasteiger partial charge in [0, 0.05) is 12.1 Å². The molecule has 2 unspecified atom stereocenters. The molecule has 170 valence electrons. The average molecular weight is 468 g/mol. The van der Waals surface area contributed by atoms with Gasteiger partial charge in [0.05, 0.1) is 35.2 Å². The number of rotatable bonds is 10. The van der Waals surface area contributed by atoms with Gasteiger partial charge in [-0.3, -0.25) is 20.2 Å². The van der Waals surface area contributed by atoms with E-state index in [9.17, 15) is 34.0 Å². The quantitative estimate of drug-likeness (QED) is 0.284. The first kappa shape index (κ1) is 24.5. The van der Waals surface area contributed by atoms with Crippen LogP contribution < -0.4 is 0 Å². The third-order valence-corrected chi connectivity index (χ3v) is 4.71. The minimum atomic E-state index is -2.92. The summed E-state index contributed by atoms with van der Waals surface area (Å²) < 4.78 is 31.7. The fraction of sp³-hybridized carbons (Fsp3) is 0.222. The Labute approximate surface area is 183 Å². The van der Waals surface area contributed by atoms with Crippen molar-refractivity contribution in [1.29, 1.82) is 0 Å². The van der Waals surface area contributed by atoms with Crippen LogP contribution in [0.15, 0.2) is 48.5 Å². The summed E-state index contributed by atoms with van der Waals surface area (Å²) >= 11 is -2.92. The van der Waals surface area contributed by atoms with Crippen LogP contribution in [0.1, 0.15) is 23.3 Å². The lowest BCUT2D eigenvalue weighted by molar-refractivity contribution is -0.386. The molecule has 2 rings (SSSR count). The summed E-state index contributed by atoms with van der Waals surface area (Å²) in [6.07, 6.45) is -3.74. The Hall–Kier alpha value is -3.75. The molecule has 0 radical (unpaired) electrons. The van der Waals surface area contributed by atoms with Crippen molar-refractivity contribution in [2.45, 2.75) is 12.2 Å². The number of benzene rings is 2. The SMILES string of the molecule is COC(=O)C(OS(=O)OC(C(=O)OC)c1ccccc1[N+](=O)[O-])c1ccccc1[N+](=O)[O-]. The van der Waals surface area contributed by atoms with Crippen LogP contribution in [0, 0.1) is 20.2 Å². The van der Waals surface area contributed by atoms with Crippen LogP contribution in [0.2, 0.25) is 0 Å². The van der Waals surface area contributed by atoms with Gasteiger partial charge in [0.15, 0.2) is 0 Å². The Bertz CT molecular complexity index is 977. The zero-order valence-corrected chi connectivity index (χ0v) is 17.4. The minimum absolute atomic E-state index is 0.290. The van der Waals surface area contributed by atoms with Crippen LogP contribution >= 0.6 is 0 Å². The molecule has 2 aromatic rings. The highest BCUT2D eigenvalue weighted by atomic mass is 32.2. The highest BCUT2D eigenvalue weighted by Crippen LogP contribution is 2.32. The van der Waals surface area contributed by atoms with E-state index in [1.54, 1.807) is 0 Å². The molecule has 0 aromatic heterocycles. The summed E-state index contributed by atoms with van der Waals surface area (Å²) in [4.78, 5) is 45.3. The van der Waals surface area contributed by atoms with Gasteiger partial charge in [-0.2, -0.15) is 4.21 Å². The van der Waals surface area contributed by atoms with Crippen molar-refractivity contribution < 1.29 is 41.5 Å². The standard InChI is InChI=1S/C18H16N2O11S/c1-28-17(21)15(11-7-3-5-9-13(11)19(23)24)30-32(27)31-16(18(22)29-2)12-8-4-6-10-14(12)20(25)26/h3-10,15-16H,1-2H3. The summed E-state index contributed by atoms with van der Waals surface area (Å²) in [6, 6.07) is 9.95. The predicted molar refractivity (Wildman–Crippen MR) is 106 cm³/mol. The Morgan fingerprint density at radius 1 is 0.781 bits per heavy atom. The Balaban J connectivity index is 2.39.